The molecule has 11 heavy (non-hydrogen) atoms. The van der Waals surface area contributed by atoms with Crippen LogP contribution in [0.2, 0.25) is 0 Å². The molecule has 5 nitrogen and oxygen atoms in total. The zero-order valence-corrected chi connectivity index (χ0v) is 6.42. The van der Waals surface area contributed by atoms with Gasteiger partial charge >= 0.3 is 5.97 Å². The summed E-state index contributed by atoms with van der Waals surface area (Å²) in [4.78, 5) is 15.5. The van der Waals surface area contributed by atoms with E-state index < -0.39 is 5.60 Å². The molecular formula is C6H12N2O3. The molecule has 0 aromatic rings. The predicted molar refractivity (Wildman–Crippen MR) is 37.5 cm³/mol. The highest BCUT2D eigenvalue weighted by Crippen LogP contribution is 2.19. The van der Waals surface area contributed by atoms with E-state index in [0.29, 0.717) is 13.1 Å². The van der Waals surface area contributed by atoms with Crippen molar-refractivity contribution in [3.8, 4) is 0 Å². The number of nitrogens with two attached hydrogens (primary N) is 1. The van der Waals surface area contributed by atoms with Gasteiger partial charge in [-0.1, -0.05) is 0 Å². The highest BCUT2D eigenvalue weighted by molar-refractivity contribution is 5.70. The lowest BCUT2D eigenvalue weighted by atomic mass is 9.93. The van der Waals surface area contributed by atoms with Crippen LogP contribution in [0.1, 0.15) is 6.42 Å². The van der Waals surface area contributed by atoms with Crippen molar-refractivity contribution >= 4 is 5.97 Å². The van der Waals surface area contributed by atoms with Crippen molar-refractivity contribution in [3.05, 3.63) is 0 Å². The molecule has 0 unspecified atom stereocenters. The number of carbonyl (C=O) groups is 1. The Kier molecular flexibility index (Phi) is 2.43. The first-order chi connectivity index (χ1) is 5.22. The van der Waals surface area contributed by atoms with Crippen molar-refractivity contribution in [1.82, 2.24) is 5.32 Å². The average Bonchev–Trinajstić information content (AvgIpc) is 1.96. The van der Waals surface area contributed by atoms with Crippen molar-refractivity contribution in [1.29, 1.82) is 0 Å². The van der Waals surface area contributed by atoms with Crippen LogP contribution in [0.25, 0.3) is 0 Å². The fourth-order valence-electron chi connectivity index (χ4n) is 0.989. The summed E-state index contributed by atoms with van der Waals surface area (Å²) in [6, 6.07) is 0. The van der Waals surface area contributed by atoms with E-state index in [1.165, 1.54) is 7.11 Å². The van der Waals surface area contributed by atoms with Gasteiger partial charge in [0.25, 0.3) is 0 Å². The lowest BCUT2D eigenvalue weighted by molar-refractivity contribution is -0.154. The smallest absolute Gasteiger partial charge is 0.308 e. The van der Waals surface area contributed by atoms with Gasteiger partial charge in [-0.05, 0) is 0 Å². The first kappa shape index (κ1) is 8.45. The third kappa shape index (κ3) is 1.68. The van der Waals surface area contributed by atoms with Gasteiger partial charge in [0.1, 0.15) is 5.60 Å². The number of carbonyl (C=O) groups excluding carboxylic acids is 1. The number of esters is 1. The molecule has 1 heterocycles. The van der Waals surface area contributed by atoms with Crippen LogP contribution < -0.4 is 11.2 Å². The Morgan fingerprint density at radius 3 is 2.64 bits per heavy atom. The molecule has 0 spiro atoms. The summed E-state index contributed by atoms with van der Waals surface area (Å²) < 4.78 is 4.48. The molecule has 5 heteroatoms. The summed E-state index contributed by atoms with van der Waals surface area (Å²) >= 11 is 0. The average molecular weight is 160 g/mol. The molecule has 1 saturated heterocycles. The van der Waals surface area contributed by atoms with Crippen LogP contribution in [0.15, 0.2) is 0 Å². The fourth-order valence-corrected chi connectivity index (χ4v) is 0.989. The van der Waals surface area contributed by atoms with E-state index in [9.17, 15) is 4.79 Å². The molecule has 0 radical (unpaired) electrons. The molecule has 0 aliphatic carbocycles. The Labute approximate surface area is 64.8 Å². The molecule has 0 bridgehead atoms. The summed E-state index contributed by atoms with van der Waals surface area (Å²) in [6.07, 6.45) is 0.215. The van der Waals surface area contributed by atoms with Gasteiger partial charge in [0.15, 0.2) is 0 Å². The Balaban J connectivity index is 2.38. The quantitative estimate of drug-likeness (QED) is 0.400. The number of ether oxygens (including phenoxy) is 1. The predicted octanol–water partition coefficient (Wildman–Crippen LogP) is -1.22. The number of nitrogens with one attached hydrogen (secondary N) is 1. The van der Waals surface area contributed by atoms with Crippen LogP contribution in [-0.2, 0) is 14.4 Å². The summed E-state index contributed by atoms with van der Waals surface area (Å²) in [7, 11) is 1.35. The van der Waals surface area contributed by atoms with Crippen molar-refractivity contribution in [3.63, 3.8) is 0 Å². The van der Waals surface area contributed by atoms with E-state index in [2.05, 4.69) is 14.9 Å². The van der Waals surface area contributed by atoms with Crippen molar-refractivity contribution < 1.29 is 14.4 Å². The maximum Gasteiger partial charge on any atom is 0.308 e. The van der Waals surface area contributed by atoms with Crippen LogP contribution in [0.5, 0.6) is 0 Å². The summed E-state index contributed by atoms with van der Waals surface area (Å²) in [5.41, 5.74) is -0.521. The lowest BCUT2D eigenvalue weighted by Gasteiger charge is -2.39. The summed E-state index contributed by atoms with van der Waals surface area (Å²) in [5, 5.41) is 2.97. The molecule has 1 aliphatic rings. The topological polar surface area (TPSA) is 73.6 Å². The zero-order chi connectivity index (χ0) is 8.32. The van der Waals surface area contributed by atoms with Gasteiger partial charge in [-0.15, -0.1) is 0 Å². The second kappa shape index (κ2) is 3.17. The van der Waals surface area contributed by atoms with Crippen molar-refractivity contribution in [2.45, 2.75) is 12.0 Å². The van der Waals surface area contributed by atoms with E-state index in [0.717, 1.165) is 0 Å². The van der Waals surface area contributed by atoms with Gasteiger partial charge in [-0.25, -0.2) is 5.90 Å². The Bertz CT molecular complexity index is 150. The SMILES string of the molecule is COC(=O)CC1(ON)CNC1. The molecule has 0 amide bonds. The molecule has 1 fully saturated rings. The van der Waals surface area contributed by atoms with Crippen LogP contribution in [0, 0.1) is 0 Å². The zero-order valence-electron chi connectivity index (χ0n) is 6.42. The second-order valence-electron chi connectivity index (χ2n) is 2.66. The standard InChI is InChI=1S/C6H12N2O3/c1-10-5(9)2-6(11-7)3-8-4-6/h8H,2-4,7H2,1H3. The monoisotopic (exact) mass is 160 g/mol. The number of rotatable bonds is 3. The normalized spacial score (nSPS) is 20.5. The van der Waals surface area contributed by atoms with Crippen LogP contribution in [0.3, 0.4) is 0 Å². The Morgan fingerprint density at radius 1 is 1.73 bits per heavy atom. The third-order valence-electron chi connectivity index (χ3n) is 1.84. The number of hydrogen-bond acceptors (Lipinski definition) is 5. The minimum atomic E-state index is -0.521. The number of methoxy groups -OCH3 is 1. The maximum atomic E-state index is 10.8. The molecule has 1 rings (SSSR count). The van der Waals surface area contributed by atoms with Gasteiger partial charge in [0, 0.05) is 13.1 Å². The first-order valence-corrected chi connectivity index (χ1v) is 3.38. The van der Waals surface area contributed by atoms with E-state index >= 15 is 0 Å². The van der Waals surface area contributed by atoms with E-state index in [1.807, 2.05) is 0 Å². The minimum Gasteiger partial charge on any atom is -0.469 e. The molecule has 0 aromatic heterocycles. The number of hydrogen-bond donors (Lipinski definition) is 2. The van der Waals surface area contributed by atoms with Gasteiger partial charge < -0.3 is 10.1 Å². The third-order valence-corrected chi connectivity index (χ3v) is 1.84. The summed E-state index contributed by atoms with van der Waals surface area (Å²) in [5.74, 6) is 4.73. The van der Waals surface area contributed by atoms with E-state index in [1.54, 1.807) is 0 Å². The van der Waals surface area contributed by atoms with E-state index in [-0.39, 0.29) is 12.4 Å². The molecule has 0 saturated carbocycles. The van der Waals surface area contributed by atoms with Gasteiger partial charge in [-0.3, -0.25) is 9.63 Å². The molecule has 3 N–H and O–H groups in total. The van der Waals surface area contributed by atoms with E-state index in [4.69, 9.17) is 5.90 Å². The largest absolute Gasteiger partial charge is 0.469 e. The molecule has 0 aromatic carbocycles. The van der Waals surface area contributed by atoms with Crippen LogP contribution in [0.4, 0.5) is 0 Å². The second-order valence-corrected chi connectivity index (χ2v) is 2.66. The molecular weight excluding hydrogens is 148 g/mol. The molecule has 0 atom stereocenters. The fraction of sp³-hybridized carbons (Fsp3) is 0.833. The molecule has 1 aliphatic heterocycles. The van der Waals surface area contributed by atoms with Gasteiger partial charge in [0.05, 0.1) is 13.5 Å². The minimum absolute atomic E-state index is 0.215. The van der Waals surface area contributed by atoms with Crippen molar-refractivity contribution in [2.24, 2.45) is 5.90 Å². The molecule has 64 valence electrons. The highest BCUT2D eigenvalue weighted by Gasteiger charge is 2.40. The van der Waals surface area contributed by atoms with Crippen molar-refractivity contribution in [2.75, 3.05) is 20.2 Å². The summed E-state index contributed by atoms with van der Waals surface area (Å²) in [6.45, 7) is 1.22. The van der Waals surface area contributed by atoms with Gasteiger partial charge in [0.2, 0.25) is 0 Å². The maximum absolute atomic E-state index is 10.8. The Morgan fingerprint density at radius 2 is 2.36 bits per heavy atom. The lowest BCUT2D eigenvalue weighted by Crippen LogP contribution is -2.63. The highest BCUT2D eigenvalue weighted by atomic mass is 16.6. The Hall–Kier alpha value is -0.650. The van der Waals surface area contributed by atoms with Crippen LogP contribution >= 0.6 is 0 Å². The first-order valence-electron chi connectivity index (χ1n) is 3.38. The van der Waals surface area contributed by atoms with Gasteiger partial charge in [-0.2, -0.15) is 0 Å². The van der Waals surface area contributed by atoms with Crippen LogP contribution in [-0.4, -0.2) is 31.8 Å².